The van der Waals surface area contributed by atoms with Crippen molar-refractivity contribution in [1.29, 1.82) is 0 Å². The van der Waals surface area contributed by atoms with E-state index in [2.05, 4.69) is 4.98 Å². The fraction of sp³-hybridized carbons (Fsp3) is 0.429. The van der Waals surface area contributed by atoms with E-state index in [9.17, 15) is 18.0 Å². The molecule has 1 aromatic carbocycles. The Kier molecular flexibility index (Phi) is 5.85. The van der Waals surface area contributed by atoms with Gasteiger partial charge in [-0.3, -0.25) is 9.78 Å². The highest BCUT2D eigenvalue weighted by Crippen LogP contribution is 2.42. The minimum Gasteiger partial charge on any atom is -0.480 e. The van der Waals surface area contributed by atoms with Gasteiger partial charge in [0.15, 0.2) is 6.10 Å². The monoisotopic (exact) mass is 456 g/mol. The van der Waals surface area contributed by atoms with Crippen LogP contribution in [0.2, 0.25) is 5.02 Å². The number of benzene rings is 1. The van der Waals surface area contributed by atoms with Crippen LogP contribution in [-0.4, -0.2) is 54.1 Å². The molecule has 31 heavy (non-hydrogen) atoms. The van der Waals surface area contributed by atoms with E-state index in [0.29, 0.717) is 13.0 Å². The van der Waals surface area contributed by atoms with Crippen LogP contribution in [0.3, 0.4) is 0 Å². The summed E-state index contributed by atoms with van der Waals surface area (Å²) in [6.45, 7) is 1.69. The molecule has 0 N–H and O–H groups in total. The summed E-state index contributed by atoms with van der Waals surface area (Å²) < 4.78 is 54.7. The summed E-state index contributed by atoms with van der Waals surface area (Å²) in [5, 5.41) is -0.0674. The fourth-order valence-corrected chi connectivity index (χ4v) is 4.03. The van der Waals surface area contributed by atoms with Crippen molar-refractivity contribution >= 4 is 17.5 Å². The first-order chi connectivity index (χ1) is 14.7. The van der Waals surface area contributed by atoms with Crippen molar-refractivity contribution in [2.24, 2.45) is 0 Å². The number of carbonyl (C=O) groups excluding carboxylic acids is 1. The smallest absolute Gasteiger partial charge is 0.425 e. The maximum atomic E-state index is 13.0. The zero-order valence-corrected chi connectivity index (χ0v) is 17.3. The lowest BCUT2D eigenvalue weighted by Crippen LogP contribution is -2.53. The first kappa shape index (κ1) is 21.9. The first-order valence-electron chi connectivity index (χ1n) is 9.70. The van der Waals surface area contributed by atoms with Gasteiger partial charge < -0.3 is 19.1 Å². The van der Waals surface area contributed by atoms with Gasteiger partial charge in [0.05, 0.1) is 17.3 Å². The summed E-state index contributed by atoms with van der Waals surface area (Å²) in [5.41, 5.74) is 0.301. The summed E-state index contributed by atoms with van der Waals surface area (Å²) in [7, 11) is 0. The Labute approximate surface area is 181 Å². The molecule has 0 aliphatic carbocycles. The Morgan fingerprint density at radius 3 is 2.84 bits per heavy atom. The lowest BCUT2D eigenvalue weighted by Gasteiger charge is -2.41. The largest absolute Gasteiger partial charge is 0.480 e. The van der Waals surface area contributed by atoms with Crippen molar-refractivity contribution < 1.29 is 32.2 Å². The molecule has 0 spiro atoms. The number of likely N-dealkylation sites (tertiary alicyclic amines) is 1. The highest BCUT2D eigenvalue weighted by Gasteiger charge is 2.52. The number of halogens is 4. The van der Waals surface area contributed by atoms with Gasteiger partial charge in [0.2, 0.25) is 0 Å². The van der Waals surface area contributed by atoms with Gasteiger partial charge in [0, 0.05) is 24.7 Å². The van der Waals surface area contributed by atoms with Crippen LogP contribution < -0.4 is 4.74 Å². The number of ether oxygens (including phenoxy) is 3. The normalized spacial score (nSPS) is 24.5. The van der Waals surface area contributed by atoms with Crippen LogP contribution in [0.1, 0.15) is 29.4 Å². The number of hydrogen-bond acceptors (Lipinski definition) is 5. The van der Waals surface area contributed by atoms with E-state index in [1.807, 2.05) is 18.2 Å². The zero-order chi connectivity index (χ0) is 22.2. The molecule has 2 aliphatic rings. The molecule has 6 nitrogen and oxygen atoms in total. The predicted molar refractivity (Wildman–Crippen MR) is 105 cm³/mol. The molecular formula is C21H20ClF3N2O4. The van der Waals surface area contributed by atoms with Gasteiger partial charge in [0.25, 0.3) is 5.91 Å². The van der Waals surface area contributed by atoms with Gasteiger partial charge in [-0.05, 0) is 37.3 Å². The molecule has 2 saturated heterocycles. The summed E-state index contributed by atoms with van der Waals surface area (Å²) in [6.07, 6.45) is -4.74. The molecule has 0 saturated carbocycles. The third-order valence-corrected chi connectivity index (χ3v) is 5.87. The molecule has 0 bridgehead atoms. The molecule has 1 aromatic heterocycles. The Balaban J connectivity index is 1.48. The van der Waals surface area contributed by atoms with Gasteiger partial charge in [0.1, 0.15) is 24.2 Å². The molecule has 10 heteroatoms. The van der Waals surface area contributed by atoms with Crippen molar-refractivity contribution in [3.05, 3.63) is 58.9 Å². The Morgan fingerprint density at radius 1 is 1.35 bits per heavy atom. The van der Waals surface area contributed by atoms with Crippen molar-refractivity contribution in [3.63, 3.8) is 0 Å². The number of rotatable bonds is 4. The second kappa shape index (κ2) is 8.29. The highest BCUT2D eigenvalue weighted by molar-refractivity contribution is 6.32. The van der Waals surface area contributed by atoms with E-state index >= 15 is 0 Å². The number of amides is 1. The molecule has 2 aromatic rings. The van der Waals surface area contributed by atoms with Crippen molar-refractivity contribution in [3.8, 4) is 5.75 Å². The molecule has 3 heterocycles. The van der Waals surface area contributed by atoms with Crippen molar-refractivity contribution in [2.75, 3.05) is 19.9 Å². The summed E-state index contributed by atoms with van der Waals surface area (Å²) in [4.78, 5) is 19.0. The van der Waals surface area contributed by atoms with Crippen LogP contribution in [0.15, 0.2) is 42.6 Å². The topological polar surface area (TPSA) is 60.9 Å². The van der Waals surface area contributed by atoms with E-state index in [1.54, 1.807) is 11.1 Å². The summed E-state index contributed by atoms with van der Waals surface area (Å²) in [6, 6.07) is 9.55. The molecule has 1 amide bonds. The van der Waals surface area contributed by atoms with Gasteiger partial charge >= 0.3 is 6.18 Å². The fourth-order valence-electron chi connectivity index (χ4n) is 3.81. The summed E-state index contributed by atoms with van der Waals surface area (Å²) in [5.74, 6) is -0.439. The minimum absolute atomic E-state index is 0.0674. The van der Waals surface area contributed by atoms with Crippen LogP contribution in [0, 0.1) is 0 Å². The molecule has 4 rings (SSSR count). The number of fused-ring (bicyclic) bond motifs is 1. The van der Waals surface area contributed by atoms with Crippen LogP contribution in [0.5, 0.6) is 5.75 Å². The molecule has 3 atom stereocenters. The number of pyridine rings is 1. The van der Waals surface area contributed by atoms with E-state index in [-0.39, 0.29) is 41.7 Å². The first-order valence-corrected chi connectivity index (χ1v) is 10.1. The molecule has 166 valence electrons. The van der Waals surface area contributed by atoms with Crippen molar-refractivity contribution in [2.45, 2.75) is 37.3 Å². The predicted octanol–water partition coefficient (Wildman–Crippen LogP) is 4.18. The number of aromatic nitrogens is 1. The van der Waals surface area contributed by atoms with E-state index in [0.717, 1.165) is 12.6 Å². The van der Waals surface area contributed by atoms with Gasteiger partial charge in [-0.2, -0.15) is 13.2 Å². The van der Waals surface area contributed by atoms with Gasteiger partial charge in [-0.15, -0.1) is 0 Å². The molecule has 1 unspecified atom stereocenters. The molecule has 2 aliphatic heterocycles. The highest BCUT2D eigenvalue weighted by atomic mass is 35.5. The molecular weight excluding hydrogens is 437 g/mol. The van der Waals surface area contributed by atoms with Crippen LogP contribution >= 0.6 is 11.6 Å². The Bertz CT molecular complexity index is 959. The third-order valence-electron chi connectivity index (χ3n) is 5.57. The number of piperidine rings is 1. The quantitative estimate of drug-likeness (QED) is 0.690. The number of hydrogen-bond donors (Lipinski definition) is 0. The standard InChI is InChI=1S/C21H20ClF3N2O4/c1-13(21(23,24)25)31-16-6-5-14(10-15(16)22)19(28)27-9-7-20(17-4-2-3-8-26-17)18(11-27)29-12-30-20/h2-6,8,10,13,18H,7,9,11-12H2,1H3/t13?,18-,20-/m1/s1. The van der Waals surface area contributed by atoms with Gasteiger partial charge in [-0.1, -0.05) is 17.7 Å². The lowest BCUT2D eigenvalue weighted by atomic mass is 9.85. The number of nitrogens with zero attached hydrogens (tertiary/aromatic N) is 2. The number of carbonyl (C=O) groups is 1. The maximum absolute atomic E-state index is 13.0. The lowest BCUT2D eigenvalue weighted by molar-refractivity contribution is -0.189. The average Bonchev–Trinajstić information content (AvgIpc) is 3.19. The minimum atomic E-state index is -4.52. The van der Waals surface area contributed by atoms with Crippen molar-refractivity contribution in [1.82, 2.24) is 9.88 Å². The summed E-state index contributed by atoms with van der Waals surface area (Å²) >= 11 is 6.08. The zero-order valence-electron chi connectivity index (χ0n) is 16.6. The van der Waals surface area contributed by atoms with Crippen LogP contribution in [-0.2, 0) is 15.1 Å². The van der Waals surface area contributed by atoms with E-state index < -0.39 is 17.9 Å². The Hall–Kier alpha value is -2.36. The number of alkyl halides is 3. The van der Waals surface area contributed by atoms with Crippen LogP contribution in [0.25, 0.3) is 0 Å². The SMILES string of the molecule is CC(Oc1ccc(C(=O)N2CC[C@]3(c4ccccn4)OCO[C@@H]3C2)cc1Cl)C(F)(F)F. The van der Waals surface area contributed by atoms with E-state index in [1.165, 1.54) is 18.2 Å². The van der Waals surface area contributed by atoms with Crippen LogP contribution in [0.4, 0.5) is 13.2 Å². The van der Waals surface area contributed by atoms with E-state index in [4.69, 9.17) is 25.8 Å². The Morgan fingerprint density at radius 2 is 2.16 bits per heavy atom. The average molecular weight is 457 g/mol. The molecule has 0 radical (unpaired) electrons. The third kappa shape index (κ3) is 4.22. The maximum Gasteiger partial charge on any atom is 0.425 e. The second-order valence-electron chi connectivity index (χ2n) is 7.47. The second-order valence-corrected chi connectivity index (χ2v) is 7.88. The van der Waals surface area contributed by atoms with Gasteiger partial charge in [-0.25, -0.2) is 0 Å². The molecule has 2 fully saturated rings.